The lowest BCUT2D eigenvalue weighted by molar-refractivity contribution is -0.133. The van der Waals surface area contributed by atoms with Gasteiger partial charge in [-0.05, 0) is 44.9 Å². The van der Waals surface area contributed by atoms with Gasteiger partial charge in [-0.1, -0.05) is 12.1 Å². The average molecular weight is 448 g/mol. The number of aromatic nitrogens is 1. The number of carbonyl (C=O) groups is 1. The van der Waals surface area contributed by atoms with E-state index < -0.39 is 0 Å². The van der Waals surface area contributed by atoms with Crippen LogP contribution in [0.2, 0.25) is 0 Å². The minimum atomic E-state index is -0.212. The molecule has 0 N–H and O–H groups in total. The Labute approximate surface area is 166 Å². The smallest absolute Gasteiger partial charge is 0.263 e. The molecule has 1 aliphatic rings. The first-order valence-corrected chi connectivity index (χ1v) is 10.5. The fourth-order valence-electron chi connectivity index (χ4n) is 2.88. The summed E-state index contributed by atoms with van der Waals surface area (Å²) >= 11 is 6.57. The number of nitrogens with zero attached hydrogens (tertiary/aromatic N) is 3. The zero-order valence-electron chi connectivity index (χ0n) is 13.5. The van der Waals surface area contributed by atoms with Gasteiger partial charge in [-0.15, -0.1) is 22.7 Å². The molecule has 0 unspecified atom stereocenters. The van der Waals surface area contributed by atoms with Crippen molar-refractivity contribution < 1.29 is 4.79 Å². The van der Waals surface area contributed by atoms with Crippen LogP contribution in [0.25, 0.3) is 0 Å². The second-order valence-corrected chi connectivity index (χ2v) is 8.65. The molecular formula is C18H14BrN3O2S2. The van der Waals surface area contributed by atoms with Gasteiger partial charge >= 0.3 is 0 Å². The molecule has 0 saturated carbocycles. The summed E-state index contributed by atoms with van der Waals surface area (Å²) in [7, 11) is 0. The van der Waals surface area contributed by atoms with Gasteiger partial charge in [0.15, 0.2) is 0 Å². The molecule has 1 atom stereocenters. The van der Waals surface area contributed by atoms with Gasteiger partial charge in [-0.2, -0.15) is 5.10 Å². The third kappa shape index (κ3) is 3.44. The Bertz CT molecular complexity index is 1010. The normalized spacial score (nSPS) is 16.7. The van der Waals surface area contributed by atoms with Crippen LogP contribution in [0.3, 0.4) is 0 Å². The van der Waals surface area contributed by atoms with Crippen LogP contribution in [0.15, 0.2) is 67.7 Å². The van der Waals surface area contributed by atoms with Crippen molar-refractivity contribution in [2.45, 2.75) is 19.0 Å². The van der Waals surface area contributed by atoms with E-state index in [0.717, 1.165) is 19.9 Å². The third-order valence-corrected chi connectivity index (χ3v) is 6.46. The number of halogens is 1. The van der Waals surface area contributed by atoms with E-state index in [9.17, 15) is 9.59 Å². The SMILES string of the molecule is O=C(Cn1cc(Br)ccc1=O)N1N=C(c2cccs2)C[C@H]1c1cccs1. The minimum absolute atomic E-state index is 0.0403. The molecule has 3 aromatic heterocycles. The van der Waals surface area contributed by atoms with Crippen LogP contribution in [-0.4, -0.2) is 21.2 Å². The van der Waals surface area contributed by atoms with Gasteiger partial charge in [0.2, 0.25) is 0 Å². The monoisotopic (exact) mass is 447 g/mol. The zero-order chi connectivity index (χ0) is 18.1. The van der Waals surface area contributed by atoms with Crippen LogP contribution in [0.1, 0.15) is 22.2 Å². The Morgan fingerprint density at radius 1 is 1.19 bits per heavy atom. The van der Waals surface area contributed by atoms with Crippen LogP contribution in [0, 0.1) is 0 Å². The van der Waals surface area contributed by atoms with E-state index in [1.54, 1.807) is 34.9 Å². The fourth-order valence-corrected chi connectivity index (χ4v) is 4.79. The molecule has 0 bridgehead atoms. The molecule has 0 radical (unpaired) electrons. The molecule has 0 spiro atoms. The second kappa shape index (κ2) is 7.30. The van der Waals surface area contributed by atoms with Crippen molar-refractivity contribution in [2.75, 3.05) is 0 Å². The first kappa shape index (κ1) is 17.4. The van der Waals surface area contributed by atoms with E-state index in [4.69, 9.17) is 0 Å². The second-order valence-electron chi connectivity index (χ2n) is 5.81. The van der Waals surface area contributed by atoms with Crippen LogP contribution in [0.5, 0.6) is 0 Å². The number of hydrazone groups is 1. The van der Waals surface area contributed by atoms with Crippen molar-refractivity contribution in [3.63, 3.8) is 0 Å². The van der Waals surface area contributed by atoms with E-state index in [2.05, 4.69) is 21.0 Å². The van der Waals surface area contributed by atoms with E-state index in [0.29, 0.717) is 6.42 Å². The van der Waals surface area contributed by atoms with Crippen LogP contribution < -0.4 is 5.56 Å². The highest BCUT2D eigenvalue weighted by Gasteiger charge is 2.34. The summed E-state index contributed by atoms with van der Waals surface area (Å²) in [4.78, 5) is 27.1. The van der Waals surface area contributed by atoms with E-state index in [-0.39, 0.29) is 24.1 Å². The molecule has 0 saturated heterocycles. The molecule has 4 rings (SSSR count). The zero-order valence-corrected chi connectivity index (χ0v) is 16.8. The standard InChI is InChI=1S/C18H14BrN3O2S2/c19-12-5-6-17(23)21(10-12)11-18(24)22-14(16-4-2-8-26-16)9-13(20-22)15-3-1-7-25-15/h1-8,10,14H,9,11H2/t14-/m0/s1. The van der Waals surface area contributed by atoms with Crippen LogP contribution in [-0.2, 0) is 11.3 Å². The number of amides is 1. The fraction of sp³-hybridized carbons (Fsp3) is 0.167. The third-order valence-electron chi connectivity index (χ3n) is 4.10. The first-order chi connectivity index (χ1) is 12.6. The Kier molecular flexibility index (Phi) is 4.88. The van der Waals surface area contributed by atoms with E-state index >= 15 is 0 Å². The van der Waals surface area contributed by atoms with Gasteiger partial charge in [0.25, 0.3) is 11.5 Å². The molecule has 0 fully saturated rings. The molecular weight excluding hydrogens is 434 g/mol. The number of thiophene rings is 2. The molecule has 0 aromatic carbocycles. The predicted octanol–water partition coefficient (Wildman–Crippen LogP) is 4.11. The van der Waals surface area contributed by atoms with Crippen molar-refractivity contribution in [1.82, 2.24) is 9.58 Å². The summed E-state index contributed by atoms with van der Waals surface area (Å²) < 4.78 is 2.15. The van der Waals surface area contributed by atoms with Gasteiger partial charge < -0.3 is 4.57 Å². The Morgan fingerprint density at radius 2 is 2.00 bits per heavy atom. The van der Waals surface area contributed by atoms with Gasteiger partial charge in [0.1, 0.15) is 6.54 Å². The summed E-state index contributed by atoms with van der Waals surface area (Å²) in [5.41, 5.74) is 0.698. The first-order valence-electron chi connectivity index (χ1n) is 7.94. The van der Waals surface area contributed by atoms with Crippen LogP contribution >= 0.6 is 38.6 Å². The maximum absolute atomic E-state index is 13.0. The summed E-state index contributed by atoms with van der Waals surface area (Å²) in [6.07, 6.45) is 2.31. The molecule has 1 amide bonds. The minimum Gasteiger partial charge on any atom is -0.305 e. The lowest BCUT2D eigenvalue weighted by Crippen LogP contribution is -2.33. The summed E-state index contributed by atoms with van der Waals surface area (Å²) in [6.45, 7) is -0.0403. The lowest BCUT2D eigenvalue weighted by Gasteiger charge is -2.21. The highest BCUT2D eigenvalue weighted by molar-refractivity contribution is 9.10. The Morgan fingerprint density at radius 3 is 2.73 bits per heavy atom. The summed E-state index contributed by atoms with van der Waals surface area (Å²) in [6, 6.07) is 11.0. The van der Waals surface area contributed by atoms with Crippen molar-refractivity contribution in [2.24, 2.45) is 5.10 Å². The molecule has 3 aromatic rings. The summed E-state index contributed by atoms with van der Waals surface area (Å²) in [5, 5.41) is 10.1. The van der Waals surface area contributed by atoms with Crippen molar-refractivity contribution in [1.29, 1.82) is 0 Å². The Balaban J connectivity index is 1.65. The number of carbonyl (C=O) groups excluding carboxylic acids is 1. The van der Waals surface area contributed by atoms with Gasteiger partial charge in [0, 0.05) is 28.0 Å². The topological polar surface area (TPSA) is 54.7 Å². The number of rotatable bonds is 4. The van der Waals surface area contributed by atoms with Crippen molar-refractivity contribution in [3.8, 4) is 0 Å². The lowest BCUT2D eigenvalue weighted by atomic mass is 10.1. The van der Waals surface area contributed by atoms with E-state index in [1.807, 2.05) is 35.0 Å². The van der Waals surface area contributed by atoms with Gasteiger partial charge in [0.05, 0.1) is 16.6 Å². The Hall–Kier alpha value is -2.03. The van der Waals surface area contributed by atoms with Crippen molar-refractivity contribution >= 4 is 50.2 Å². The maximum Gasteiger partial charge on any atom is 0.263 e. The molecule has 26 heavy (non-hydrogen) atoms. The van der Waals surface area contributed by atoms with E-state index in [1.165, 1.54) is 15.6 Å². The molecule has 132 valence electrons. The van der Waals surface area contributed by atoms with Gasteiger partial charge in [-0.3, -0.25) is 9.59 Å². The summed E-state index contributed by atoms with van der Waals surface area (Å²) in [5.74, 6) is -0.199. The number of pyridine rings is 1. The highest BCUT2D eigenvalue weighted by atomic mass is 79.9. The highest BCUT2D eigenvalue weighted by Crippen LogP contribution is 2.36. The van der Waals surface area contributed by atoms with Crippen LogP contribution in [0.4, 0.5) is 0 Å². The predicted molar refractivity (Wildman–Crippen MR) is 108 cm³/mol. The largest absolute Gasteiger partial charge is 0.305 e. The quantitative estimate of drug-likeness (QED) is 0.603. The van der Waals surface area contributed by atoms with Crippen molar-refractivity contribution in [3.05, 3.63) is 77.9 Å². The number of hydrogen-bond donors (Lipinski definition) is 0. The molecule has 5 nitrogen and oxygen atoms in total. The maximum atomic E-state index is 13.0. The van der Waals surface area contributed by atoms with Gasteiger partial charge in [-0.25, -0.2) is 5.01 Å². The molecule has 4 heterocycles. The molecule has 1 aliphatic heterocycles. The molecule has 0 aliphatic carbocycles. The average Bonchev–Trinajstić information content (AvgIpc) is 3.38. The number of hydrogen-bond acceptors (Lipinski definition) is 5. The molecule has 8 heteroatoms.